The Labute approximate surface area is 101 Å². The number of halogens is 1. The second-order valence-electron chi connectivity index (χ2n) is 3.31. The molecule has 0 amide bonds. The number of hydrogen-bond acceptors (Lipinski definition) is 4. The topological polar surface area (TPSA) is 66.0 Å². The summed E-state index contributed by atoms with van der Waals surface area (Å²) in [5.41, 5.74) is 6.58. The molecule has 0 saturated carbocycles. The monoisotopic (exact) mass is 282 g/mol. The number of methoxy groups -OCH3 is 1. The number of nitrogens with two attached hydrogens (primary N) is 1. The van der Waals surface area contributed by atoms with Crippen molar-refractivity contribution >= 4 is 21.7 Å². The molecule has 0 spiro atoms. The fraction of sp³-hybridized carbons (Fsp3) is 0.200. The number of anilines is 1. The first-order valence-electron chi connectivity index (χ1n) is 4.67. The summed E-state index contributed by atoms with van der Waals surface area (Å²) in [5, 5.41) is 7.60. The average Bonchev–Trinajstić information content (AvgIpc) is 2.64. The largest absolute Gasteiger partial charge is 0.496 e. The van der Waals surface area contributed by atoms with E-state index in [9.17, 15) is 0 Å². The smallest absolute Gasteiger partial charge is 0.165 e. The number of rotatable bonds is 3. The molecular weight excluding hydrogens is 272 g/mol. The summed E-state index contributed by atoms with van der Waals surface area (Å²) in [5.74, 6) is 1.23. The summed E-state index contributed by atoms with van der Waals surface area (Å²) in [4.78, 5) is 0. The predicted molar refractivity (Wildman–Crippen MR) is 64.2 cm³/mol. The van der Waals surface area contributed by atoms with Gasteiger partial charge in [0.05, 0.1) is 24.3 Å². The lowest BCUT2D eigenvalue weighted by atomic mass is 10.2. The third-order valence-corrected chi connectivity index (χ3v) is 2.74. The Kier molecular flexibility index (Phi) is 3.09. The highest BCUT2D eigenvalue weighted by Gasteiger charge is 2.03. The Hall–Kier alpha value is -1.56. The van der Waals surface area contributed by atoms with Gasteiger partial charge in [0, 0.05) is 0 Å². The molecule has 84 valence electrons. The van der Waals surface area contributed by atoms with E-state index >= 15 is 0 Å². The number of ether oxygens (including phenoxy) is 1. The Balaban J connectivity index is 2.19. The van der Waals surface area contributed by atoms with Crippen LogP contribution >= 0.6 is 15.9 Å². The molecule has 1 aromatic heterocycles. The van der Waals surface area contributed by atoms with E-state index in [-0.39, 0.29) is 0 Å². The first-order chi connectivity index (χ1) is 7.69. The van der Waals surface area contributed by atoms with E-state index < -0.39 is 0 Å². The molecule has 16 heavy (non-hydrogen) atoms. The van der Waals surface area contributed by atoms with E-state index in [0.717, 1.165) is 15.8 Å². The molecular formula is C10H11BrN4O. The summed E-state index contributed by atoms with van der Waals surface area (Å²) in [7, 11) is 1.64. The Morgan fingerprint density at radius 3 is 2.88 bits per heavy atom. The van der Waals surface area contributed by atoms with Gasteiger partial charge in [0.1, 0.15) is 5.75 Å². The van der Waals surface area contributed by atoms with E-state index in [1.54, 1.807) is 18.0 Å². The maximum absolute atomic E-state index is 5.48. The Bertz CT molecular complexity index is 497. The van der Waals surface area contributed by atoms with Gasteiger partial charge < -0.3 is 10.5 Å². The maximum atomic E-state index is 5.48. The zero-order valence-electron chi connectivity index (χ0n) is 8.72. The molecule has 0 aliphatic heterocycles. The van der Waals surface area contributed by atoms with Crippen LogP contribution in [0.15, 0.2) is 28.9 Å². The molecule has 2 aromatic rings. The molecule has 0 atom stereocenters. The number of aromatic nitrogens is 3. The predicted octanol–water partition coefficient (Wildman–Crippen LogP) is 1.68. The lowest BCUT2D eigenvalue weighted by Gasteiger charge is -2.05. The van der Waals surface area contributed by atoms with Gasteiger partial charge in [0.2, 0.25) is 0 Å². The van der Waals surface area contributed by atoms with Crippen molar-refractivity contribution < 1.29 is 4.74 Å². The number of nitrogen functional groups attached to an aromatic ring is 1. The summed E-state index contributed by atoms with van der Waals surface area (Å²) in [6.07, 6.45) is 1.69. The Morgan fingerprint density at radius 2 is 2.31 bits per heavy atom. The van der Waals surface area contributed by atoms with Gasteiger partial charge in [0.25, 0.3) is 0 Å². The molecule has 2 rings (SSSR count). The van der Waals surface area contributed by atoms with E-state index in [2.05, 4.69) is 26.2 Å². The van der Waals surface area contributed by atoms with Crippen LogP contribution in [0.2, 0.25) is 0 Å². The molecule has 0 saturated heterocycles. The zero-order chi connectivity index (χ0) is 11.5. The fourth-order valence-corrected chi connectivity index (χ4v) is 1.97. The van der Waals surface area contributed by atoms with Gasteiger partial charge in [-0.25, -0.2) is 4.68 Å². The highest BCUT2D eigenvalue weighted by molar-refractivity contribution is 9.10. The molecule has 2 N–H and O–H groups in total. The molecule has 0 unspecified atom stereocenters. The highest BCUT2D eigenvalue weighted by atomic mass is 79.9. The normalized spacial score (nSPS) is 10.4. The first-order valence-corrected chi connectivity index (χ1v) is 5.46. The minimum atomic E-state index is 0.424. The highest BCUT2D eigenvalue weighted by Crippen LogP contribution is 2.25. The summed E-state index contributed by atoms with van der Waals surface area (Å²) >= 11 is 3.43. The molecule has 0 aliphatic rings. The van der Waals surface area contributed by atoms with Crippen LogP contribution in [0.1, 0.15) is 5.56 Å². The van der Waals surface area contributed by atoms with Crippen LogP contribution in [0, 0.1) is 0 Å². The summed E-state index contributed by atoms with van der Waals surface area (Å²) in [6, 6.07) is 5.86. The van der Waals surface area contributed by atoms with Crippen molar-refractivity contribution in [1.29, 1.82) is 0 Å². The molecule has 1 heterocycles. The van der Waals surface area contributed by atoms with Crippen molar-refractivity contribution in [2.75, 3.05) is 12.8 Å². The van der Waals surface area contributed by atoms with Crippen LogP contribution in [-0.4, -0.2) is 22.1 Å². The second-order valence-corrected chi connectivity index (χ2v) is 4.16. The van der Waals surface area contributed by atoms with Crippen LogP contribution in [0.25, 0.3) is 0 Å². The summed E-state index contributed by atoms with van der Waals surface area (Å²) in [6.45, 7) is 0.632. The zero-order valence-corrected chi connectivity index (χ0v) is 10.3. The molecule has 1 aromatic carbocycles. The molecule has 0 fully saturated rings. The van der Waals surface area contributed by atoms with Crippen LogP contribution < -0.4 is 10.5 Å². The maximum Gasteiger partial charge on any atom is 0.165 e. The SMILES string of the molecule is COc1ccc(Cn2cc(N)nn2)cc1Br. The first kappa shape index (κ1) is 10.9. The van der Waals surface area contributed by atoms with Crippen molar-refractivity contribution in [2.24, 2.45) is 0 Å². The van der Waals surface area contributed by atoms with E-state index in [1.165, 1.54) is 0 Å². The fourth-order valence-electron chi connectivity index (χ4n) is 1.39. The number of hydrogen-bond donors (Lipinski definition) is 1. The van der Waals surface area contributed by atoms with Crippen LogP contribution in [0.5, 0.6) is 5.75 Å². The quantitative estimate of drug-likeness (QED) is 0.930. The summed E-state index contributed by atoms with van der Waals surface area (Å²) < 4.78 is 7.75. The van der Waals surface area contributed by atoms with E-state index in [4.69, 9.17) is 10.5 Å². The standard InChI is InChI=1S/C10H11BrN4O/c1-16-9-3-2-7(4-8(9)11)5-15-6-10(12)13-14-15/h2-4,6H,5,12H2,1H3. The molecule has 0 aliphatic carbocycles. The molecule has 6 heteroatoms. The lowest BCUT2D eigenvalue weighted by Crippen LogP contribution is -2.00. The third kappa shape index (κ3) is 2.33. The molecule has 0 bridgehead atoms. The van der Waals surface area contributed by atoms with Gasteiger partial charge in [-0.05, 0) is 33.6 Å². The minimum absolute atomic E-state index is 0.424. The van der Waals surface area contributed by atoms with Gasteiger partial charge in [-0.3, -0.25) is 0 Å². The third-order valence-electron chi connectivity index (χ3n) is 2.12. The van der Waals surface area contributed by atoms with Crippen molar-refractivity contribution in [2.45, 2.75) is 6.54 Å². The van der Waals surface area contributed by atoms with Gasteiger partial charge in [-0.1, -0.05) is 11.3 Å². The van der Waals surface area contributed by atoms with Gasteiger partial charge in [0.15, 0.2) is 5.82 Å². The second kappa shape index (κ2) is 4.52. The van der Waals surface area contributed by atoms with Gasteiger partial charge in [-0.15, -0.1) is 5.10 Å². The van der Waals surface area contributed by atoms with Crippen molar-refractivity contribution in [3.05, 3.63) is 34.4 Å². The average molecular weight is 283 g/mol. The number of nitrogens with zero attached hydrogens (tertiary/aromatic N) is 3. The number of benzene rings is 1. The van der Waals surface area contributed by atoms with Gasteiger partial charge in [-0.2, -0.15) is 0 Å². The van der Waals surface area contributed by atoms with Gasteiger partial charge >= 0.3 is 0 Å². The Morgan fingerprint density at radius 1 is 1.50 bits per heavy atom. The lowest BCUT2D eigenvalue weighted by molar-refractivity contribution is 0.412. The van der Waals surface area contributed by atoms with Crippen molar-refractivity contribution in [3.63, 3.8) is 0 Å². The minimum Gasteiger partial charge on any atom is -0.496 e. The molecule has 0 radical (unpaired) electrons. The van der Waals surface area contributed by atoms with Crippen molar-refractivity contribution in [3.8, 4) is 5.75 Å². The molecule has 5 nitrogen and oxygen atoms in total. The van der Waals surface area contributed by atoms with Crippen molar-refractivity contribution in [1.82, 2.24) is 15.0 Å². The van der Waals surface area contributed by atoms with Crippen LogP contribution in [0.3, 0.4) is 0 Å². The van der Waals surface area contributed by atoms with E-state index in [1.807, 2.05) is 18.2 Å². The van der Waals surface area contributed by atoms with Crippen LogP contribution in [0.4, 0.5) is 5.82 Å². The van der Waals surface area contributed by atoms with E-state index in [0.29, 0.717) is 12.4 Å². The van der Waals surface area contributed by atoms with Crippen LogP contribution in [-0.2, 0) is 6.54 Å².